The zero-order chi connectivity index (χ0) is 17.6. The van der Waals surface area contributed by atoms with E-state index in [-0.39, 0.29) is 24.2 Å². The molecule has 2 amide bonds. The van der Waals surface area contributed by atoms with Gasteiger partial charge >= 0.3 is 0 Å². The third-order valence-electron chi connectivity index (χ3n) is 4.12. The van der Waals surface area contributed by atoms with Crippen molar-refractivity contribution in [3.8, 4) is 11.5 Å². The predicted molar refractivity (Wildman–Crippen MR) is 92.5 cm³/mol. The number of nitrogens with zero attached hydrogens (tertiary/aromatic N) is 2. The van der Waals surface area contributed by atoms with Gasteiger partial charge in [-0.2, -0.15) is 0 Å². The third kappa shape index (κ3) is 4.29. The van der Waals surface area contributed by atoms with Gasteiger partial charge in [-0.3, -0.25) is 9.59 Å². The summed E-state index contributed by atoms with van der Waals surface area (Å²) in [5.74, 6) is 0.503. The highest BCUT2D eigenvalue weighted by Gasteiger charge is 2.25. The van der Waals surface area contributed by atoms with Crippen LogP contribution in [-0.2, 0) is 4.79 Å². The molecule has 0 bridgehead atoms. The molecule has 6 nitrogen and oxygen atoms in total. The molecule has 0 aliphatic carbocycles. The van der Waals surface area contributed by atoms with E-state index < -0.39 is 0 Å². The second kappa shape index (κ2) is 7.70. The lowest BCUT2D eigenvalue weighted by molar-refractivity contribution is -0.134. The van der Waals surface area contributed by atoms with Crippen LogP contribution in [0.2, 0.25) is 0 Å². The van der Waals surface area contributed by atoms with Crippen molar-refractivity contribution >= 4 is 11.8 Å². The molecule has 0 radical (unpaired) electrons. The first kappa shape index (κ1) is 16.8. The molecule has 6 heteroatoms. The second-order valence-corrected chi connectivity index (χ2v) is 5.83. The summed E-state index contributed by atoms with van der Waals surface area (Å²) in [6, 6.07) is 15.5. The molecule has 1 saturated heterocycles. The van der Waals surface area contributed by atoms with Gasteiger partial charge in [-0.25, -0.2) is 0 Å². The Balaban J connectivity index is 1.49. The van der Waals surface area contributed by atoms with Gasteiger partial charge in [0.05, 0.1) is 0 Å². The van der Waals surface area contributed by atoms with Gasteiger partial charge in [0.25, 0.3) is 11.8 Å². The first-order valence-electron chi connectivity index (χ1n) is 8.17. The van der Waals surface area contributed by atoms with Gasteiger partial charge in [-0.05, 0) is 30.3 Å². The normalized spacial score (nSPS) is 14.2. The highest BCUT2D eigenvalue weighted by Crippen LogP contribution is 2.15. The maximum Gasteiger partial charge on any atom is 0.260 e. The Hall–Kier alpha value is -3.02. The van der Waals surface area contributed by atoms with Crippen LogP contribution in [0.5, 0.6) is 11.5 Å². The zero-order valence-electron chi connectivity index (χ0n) is 13.8. The Morgan fingerprint density at radius 3 is 2.28 bits per heavy atom. The number of hydrogen-bond donors (Lipinski definition) is 1. The van der Waals surface area contributed by atoms with Crippen molar-refractivity contribution in [1.29, 1.82) is 0 Å². The van der Waals surface area contributed by atoms with Crippen LogP contribution in [0, 0.1) is 0 Å². The molecular formula is C19H20N2O4. The largest absolute Gasteiger partial charge is 0.508 e. The van der Waals surface area contributed by atoms with Crippen LogP contribution in [0.25, 0.3) is 0 Å². The van der Waals surface area contributed by atoms with Gasteiger partial charge in [0.15, 0.2) is 6.61 Å². The number of piperazine rings is 1. The predicted octanol–water partition coefficient (Wildman–Crippen LogP) is 1.76. The van der Waals surface area contributed by atoms with E-state index in [0.29, 0.717) is 37.5 Å². The average molecular weight is 340 g/mol. The summed E-state index contributed by atoms with van der Waals surface area (Å²) in [5, 5.41) is 9.49. The maximum atomic E-state index is 12.4. The third-order valence-corrected chi connectivity index (χ3v) is 4.12. The number of para-hydroxylation sites is 1. The molecule has 3 rings (SSSR count). The van der Waals surface area contributed by atoms with Crippen LogP contribution in [0.1, 0.15) is 10.4 Å². The topological polar surface area (TPSA) is 70.1 Å². The first-order valence-corrected chi connectivity index (χ1v) is 8.17. The zero-order valence-corrected chi connectivity index (χ0v) is 13.8. The van der Waals surface area contributed by atoms with Crippen LogP contribution in [0.4, 0.5) is 0 Å². The van der Waals surface area contributed by atoms with E-state index in [2.05, 4.69) is 0 Å². The summed E-state index contributed by atoms with van der Waals surface area (Å²) in [7, 11) is 0. The quantitative estimate of drug-likeness (QED) is 0.921. The Morgan fingerprint density at radius 2 is 1.60 bits per heavy atom. The lowest BCUT2D eigenvalue weighted by Crippen LogP contribution is -2.51. The van der Waals surface area contributed by atoms with E-state index in [1.54, 1.807) is 34.1 Å². The summed E-state index contributed by atoms with van der Waals surface area (Å²) in [6.07, 6.45) is 0. The van der Waals surface area contributed by atoms with Gasteiger partial charge in [0.2, 0.25) is 0 Å². The molecule has 0 saturated carbocycles. The van der Waals surface area contributed by atoms with Crippen LogP contribution in [0.3, 0.4) is 0 Å². The number of ether oxygens (including phenoxy) is 1. The molecule has 0 atom stereocenters. The van der Waals surface area contributed by atoms with Crippen molar-refractivity contribution in [1.82, 2.24) is 9.80 Å². The van der Waals surface area contributed by atoms with E-state index in [9.17, 15) is 14.7 Å². The molecule has 130 valence electrons. The molecule has 0 spiro atoms. The number of amides is 2. The maximum absolute atomic E-state index is 12.4. The number of phenols is 1. The number of phenolic OH excluding ortho intramolecular Hbond substituents is 1. The fourth-order valence-electron chi connectivity index (χ4n) is 2.73. The molecule has 0 aromatic heterocycles. The van der Waals surface area contributed by atoms with E-state index in [1.807, 2.05) is 18.2 Å². The molecule has 2 aromatic rings. The number of aromatic hydroxyl groups is 1. The molecule has 1 fully saturated rings. The van der Waals surface area contributed by atoms with Gasteiger partial charge in [-0.15, -0.1) is 0 Å². The van der Waals surface area contributed by atoms with Gasteiger partial charge in [0.1, 0.15) is 11.5 Å². The Bertz CT molecular complexity index is 740. The molecule has 1 aliphatic rings. The molecule has 2 aromatic carbocycles. The summed E-state index contributed by atoms with van der Waals surface area (Å²) in [5.41, 5.74) is 0.451. The minimum atomic E-state index is -0.136. The van der Waals surface area contributed by atoms with Crippen LogP contribution < -0.4 is 4.74 Å². The number of benzene rings is 2. The number of carbonyl (C=O) groups excluding carboxylic acids is 2. The minimum absolute atomic E-state index is 0.00941. The highest BCUT2D eigenvalue weighted by molar-refractivity contribution is 5.94. The molecule has 1 aliphatic heterocycles. The lowest BCUT2D eigenvalue weighted by atomic mass is 10.1. The monoisotopic (exact) mass is 340 g/mol. The van der Waals surface area contributed by atoms with Crippen molar-refractivity contribution in [2.24, 2.45) is 0 Å². The van der Waals surface area contributed by atoms with Gasteiger partial charge in [-0.1, -0.05) is 24.3 Å². The smallest absolute Gasteiger partial charge is 0.260 e. The molecule has 1 N–H and O–H groups in total. The van der Waals surface area contributed by atoms with E-state index in [1.165, 1.54) is 12.1 Å². The number of hydrogen-bond acceptors (Lipinski definition) is 4. The Morgan fingerprint density at radius 1 is 0.920 bits per heavy atom. The van der Waals surface area contributed by atoms with E-state index >= 15 is 0 Å². The summed E-state index contributed by atoms with van der Waals surface area (Å²) in [6.45, 7) is 1.87. The van der Waals surface area contributed by atoms with Crippen LogP contribution in [0.15, 0.2) is 54.6 Å². The first-order chi connectivity index (χ1) is 12.1. The number of carbonyl (C=O) groups is 2. The lowest BCUT2D eigenvalue weighted by Gasteiger charge is -2.34. The van der Waals surface area contributed by atoms with Gasteiger partial charge < -0.3 is 19.6 Å². The summed E-state index contributed by atoms with van der Waals surface area (Å²) < 4.78 is 5.48. The fraction of sp³-hybridized carbons (Fsp3) is 0.263. The van der Waals surface area contributed by atoms with Gasteiger partial charge in [0, 0.05) is 31.7 Å². The minimum Gasteiger partial charge on any atom is -0.508 e. The second-order valence-electron chi connectivity index (χ2n) is 5.83. The average Bonchev–Trinajstić information content (AvgIpc) is 2.66. The van der Waals surface area contributed by atoms with Crippen molar-refractivity contribution < 1.29 is 19.4 Å². The van der Waals surface area contributed by atoms with Crippen LogP contribution in [-0.4, -0.2) is 59.5 Å². The van der Waals surface area contributed by atoms with E-state index in [4.69, 9.17) is 4.74 Å². The number of rotatable bonds is 4. The van der Waals surface area contributed by atoms with Crippen LogP contribution >= 0.6 is 0 Å². The van der Waals surface area contributed by atoms with Crippen molar-refractivity contribution in [2.75, 3.05) is 32.8 Å². The SMILES string of the molecule is O=C(COc1ccccc1)N1CCN(C(=O)c2cccc(O)c2)CC1. The van der Waals surface area contributed by atoms with Crippen molar-refractivity contribution in [3.63, 3.8) is 0 Å². The Labute approximate surface area is 146 Å². The fourth-order valence-corrected chi connectivity index (χ4v) is 2.73. The molecule has 25 heavy (non-hydrogen) atoms. The molecule has 1 heterocycles. The highest BCUT2D eigenvalue weighted by atomic mass is 16.5. The Kier molecular flexibility index (Phi) is 5.18. The standard InChI is InChI=1S/C19H20N2O4/c22-16-6-4-5-15(13-16)19(24)21-11-9-20(10-12-21)18(23)14-25-17-7-2-1-3-8-17/h1-8,13,22H,9-12,14H2. The van der Waals surface area contributed by atoms with Crippen molar-refractivity contribution in [2.45, 2.75) is 0 Å². The summed E-state index contributed by atoms with van der Waals surface area (Å²) in [4.78, 5) is 28.0. The molecular weight excluding hydrogens is 320 g/mol. The summed E-state index contributed by atoms with van der Waals surface area (Å²) >= 11 is 0. The van der Waals surface area contributed by atoms with E-state index in [0.717, 1.165) is 0 Å². The van der Waals surface area contributed by atoms with Crippen molar-refractivity contribution in [3.05, 3.63) is 60.2 Å². The molecule has 0 unspecified atom stereocenters.